The largest absolute Gasteiger partial charge is 0.497 e. The Balaban J connectivity index is 1.06. The summed E-state index contributed by atoms with van der Waals surface area (Å²) in [5, 5.41) is 7.84. The van der Waals surface area contributed by atoms with Crippen LogP contribution in [0.25, 0.3) is 10.9 Å². The van der Waals surface area contributed by atoms with E-state index in [0.29, 0.717) is 12.1 Å². The van der Waals surface area contributed by atoms with E-state index in [-0.39, 0.29) is 12.5 Å². The number of hydrogen-bond donors (Lipinski definition) is 2. The molecule has 0 saturated carbocycles. The van der Waals surface area contributed by atoms with Gasteiger partial charge < -0.3 is 20.1 Å². The number of carbonyl (C=O) groups excluding carboxylic acids is 1. The molecular formula is C27H30N4O3S. The molecule has 7 nitrogen and oxygen atoms in total. The van der Waals surface area contributed by atoms with Gasteiger partial charge in [0.1, 0.15) is 11.5 Å². The minimum atomic E-state index is -0.0955. The number of rotatable bonds is 5. The summed E-state index contributed by atoms with van der Waals surface area (Å²) in [5.74, 6) is 2.66. The molecule has 3 aromatic rings. The number of pyridine rings is 1. The van der Waals surface area contributed by atoms with Gasteiger partial charge in [0.15, 0.2) is 6.61 Å². The molecule has 182 valence electrons. The molecule has 6 rings (SSSR count). The maximum absolute atomic E-state index is 11.6. The molecule has 0 radical (unpaired) electrons. The fraction of sp³-hybridized carbons (Fsp3) is 0.407. The molecule has 8 heteroatoms. The molecule has 0 spiro atoms. The summed E-state index contributed by atoms with van der Waals surface area (Å²) in [4.78, 5) is 20.2. The molecular weight excluding hydrogens is 460 g/mol. The normalized spacial score (nSPS) is 20.6. The smallest absolute Gasteiger partial charge is 0.262 e. The maximum Gasteiger partial charge on any atom is 0.262 e. The van der Waals surface area contributed by atoms with Crippen LogP contribution >= 0.6 is 11.8 Å². The standard InChI is InChI=1S/C27H30N4O3S/c1-33-20-3-4-23-21(12-20)22-11-19(16-35-26(22)14-29-23)31-8-6-18(7-9-31)28-13-17-2-5-25-24(10-17)30-27(32)15-34-25/h2-5,10,12,14,18-19,28H,6-9,11,13,15-16H2,1H3,(H,30,32). The first-order valence-electron chi connectivity index (χ1n) is 12.3. The van der Waals surface area contributed by atoms with Crippen LogP contribution in [0.3, 0.4) is 0 Å². The number of hydrogen-bond acceptors (Lipinski definition) is 7. The number of likely N-dealkylation sites (tertiary alicyclic amines) is 1. The van der Waals surface area contributed by atoms with E-state index >= 15 is 0 Å². The van der Waals surface area contributed by atoms with Crippen molar-refractivity contribution in [3.63, 3.8) is 0 Å². The molecule has 1 aromatic heterocycles. The van der Waals surface area contributed by atoms with Crippen LogP contribution in [0.4, 0.5) is 5.69 Å². The predicted molar refractivity (Wildman–Crippen MR) is 139 cm³/mol. The third-order valence-electron chi connectivity index (χ3n) is 7.34. The van der Waals surface area contributed by atoms with E-state index in [0.717, 1.165) is 72.9 Å². The summed E-state index contributed by atoms with van der Waals surface area (Å²) < 4.78 is 10.9. The van der Waals surface area contributed by atoms with E-state index in [9.17, 15) is 4.79 Å². The minimum Gasteiger partial charge on any atom is -0.497 e. The molecule has 1 atom stereocenters. The number of nitrogens with zero attached hydrogens (tertiary/aromatic N) is 2. The van der Waals surface area contributed by atoms with Gasteiger partial charge >= 0.3 is 0 Å². The lowest BCUT2D eigenvalue weighted by atomic mass is 9.97. The molecule has 3 aliphatic heterocycles. The Labute approximate surface area is 209 Å². The number of benzene rings is 2. The van der Waals surface area contributed by atoms with Crippen molar-refractivity contribution in [1.29, 1.82) is 0 Å². The lowest BCUT2D eigenvalue weighted by Crippen LogP contribution is -2.48. The second-order valence-corrected chi connectivity index (χ2v) is 10.6. The van der Waals surface area contributed by atoms with Crippen LogP contribution in [0.5, 0.6) is 11.5 Å². The first kappa shape index (κ1) is 22.6. The number of thioether (sulfide) groups is 1. The minimum absolute atomic E-state index is 0.0928. The van der Waals surface area contributed by atoms with Gasteiger partial charge in [-0.1, -0.05) is 6.07 Å². The van der Waals surface area contributed by atoms with Gasteiger partial charge in [0.05, 0.1) is 18.3 Å². The van der Waals surface area contributed by atoms with Crippen LogP contribution in [0.1, 0.15) is 24.0 Å². The van der Waals surface area contributed by atoms with Gasteiger partial charge in [0, 0.05) is 40.9 Å². The van der Waals surface area contributed by atoms with Gasteiger partial charge in [-0.15, -0.1) is 11.8 Å². The van der Waals surface area contributed by atoms with E-state index in [4.69, 9.17) is 9.47 Å². The SMILES string of the molecule is COc1ccc2ncc3c(c2c1)CC(N1CCC(NCc2ccc4c(c2)NC(=O)CO4)CC1)CS3. The molecule has 2 aromatic carbocycles. The second-order valence-electron chi connectivity index (χ2n) is 9.51. The fourth-order valence-corrected chi connectivity index (χ4v) is 6.55. The van der Waals surface area contributed by atoms with Gasteiger partial charge in [-0.2, -0.15) is 0 Å². The first-order chi connectivity index (χ1) is 17.2. The molecule has 4 heterocycles. The van der Waals surface area contributed by atoms with Crippen molar-refractivity contribution < 1.29 is 14.3 Å². The van der Waals surface area contributed by atoms with Crippen molar-refractivity contribution >= 4 is 34.3 Å². The van der Waals surface area contributed by atoms with Gasteiger partial charge in [0.2, 0.25) is 0 Å². The Hall–Kier alpha value is -2.81. The van der Waals surface area contributed by atoms with E-state index < -0.39 is 0 Å². The topological polar surface area (TPSA) is 75.7 Å². The monoisotopic (exact) mass is 490 g/mol. The van der Waals surface area contributed by atoms with Gasteiger partial charge in [-0.25, -0.2) is 0 Å². The van der Waals surface area contributed by atoms with Gasteiger partial charge in [-0.3, -0.25) is 14.7 Å². The summed E-state index contributed by atoms with van der Waals surface area (Å²) in [6.07, 6.45) is 5.39. The zero-order chi connectivity index (χ0) is 23.8. The Morgan fingerprint density at radius 1 is 1.23 bits per heavy atom. The number of ether oxygens (including phenoxy) is 2. The van der Waals surface area contributed by atoms with Crippen LogP contribution in [-0.2, 0) is 17.8 Å². The molecule has 0 aliphatic carbocycles. The average molecular weight is 491 g/mol. The summed E-state index contributed by atoms with van der Waals surface area (Å²) in [7, 11) is 1.72. The van der Waals surface area contributed by atoms with Gasteiger partial charge in [0.25, 0.3) is 5.91 Å². The Bertz CT molecular complexity index is 1250. The van der Waals surface area contributed by atoms with Crippen LogP contribution in [0.15, 0.2) is 47.5 Å². The van der Waals surface area contributed by atoms with Crippen molar-refractivity contribution in [1.82, 2.24) is 15.2 Å². The van der Waals surface area contributed by atoms with Crippen LogP contribution in [-0.4, -0.2) is 60.4 Å². The van der Waals surface area contributed by atoms with E-state index in [1.807, 2.05) is 36.2 Å². The lowest BCUT2D eigenvalue weighted by molar-refractivity contribution is -0.118. The van der Waals surface area contributed by atoms with E-state index in [1.54, 1.807) is 7.11 Å². The Morgan fingerprint density at radius 2 is 2.11 bits per heavy atom. The quantitative estimate of drug-likeness (QED) is 0.563. The number of amides is 1. The van der Waals surface area contributed by atoms with Crippen molar-refractivity contribution in [3.8, 4) is 11.5 Å². The number of piperidine rings is 1. The zero-order valence-electron chi connectivity index (χ0n) is 19.9. The molecule has 1 saturated heterocycles. The number of methoxy groups -OCH3 is 1. The number of nitrogens with one attached hydrogen (secondary N) is 2. The highest BCUT2D eigenvalue weighted by Gasteiger charge is 2.29. The molecule has 35 heavy (non-hydrogen) atoms. The van der Waals surface area contributed by atoms with Crippen molar-refractivity contribution in [2.24, 2.45) is 0 Å². The maximum atomic E-state index is 11.6. The number of anilines is 1. The van der Waals surface area contributed by atoms with Crippen LogP contribution < -0.4 is 20.1 Å². The van der Waals surface area contributed by atoms with Crippen molar-refractivity contribution in [3.05, 3.63) is 53.7 Å². The third kappa shape index (κ3) is 4.70. The average Bonchev–Trinajstić information content (AvgIpc) is 2.91. The fourth-order valence-electron chi connectivity index (χ4n) is 5.36. The zero-order valence-corrected chi connectivity index (χ0v) is 20.7. The number of aromatic nitrogens is 1. The first-order valence-corrected chi connectivity index (χ1v) is 13.3. The van der Waals surface area contributed by atoms with Gasteiger partial charge in [-0.05, 0) is 73.8 Å². The molecule has 3 aliphatic rings. The number of carbonyl (C=O) groups is 1. The highest BCUT2D eigenvalue weighted by atomic mass is 32.2. The summed E-state index contributed by atoms with van der Waals surface area (Å²) in [6.45, 7) is 3.11. The number of fused-ring (bicyclic) bond motifs is 4. The highest BCUT2D eigenvalue weighted by molar-refractivity contribution is 7.99. The summed E-state index contributed by atoms with van der Waals surface area (Å²) in [6, 6.07) is 13.3. The Morgan fingerprint density at radius 3 is 2.97 bits per heavy atom. The van der Waals surface area contributed by atoms with Crippen LogP contribution in [0.2, 0.25) is 0 Å². The van der Waals surface area contributed by atoms with Crippen molar-refractivity contribution in [2.75, 3.05) is 37.9 Å². The second kappa shape index (κ2) is 9.68. The van der Waals surface area contributed by atoms with Crippen molar-refractivity contribution in [2.45, 2.75) is 42.8 Å². The third-order valence-corrected chi connectivity index (χ3v) is 8.55. The Kier molecular flexibility index (Phi) is 6.26. The van der Waals surface area contributed by atoms with E-state index in [2.05, 4.69) is 38.7 Å². The molecule has 1 amide bonds. The van der Waals surface area contributed by atoms with Crippen LogP contribution in [0, 0.1) is 0 Å². The molecule has 0 bridgehead atoms. The van der Waals surface area contributed by atoms with E-state index in [1.165, 1.54) is 15.8 Å². The molecule has 2 N–H and O–H groups in total. The molecule has 1 unspecified atom stereocenters. The summed E-state index contributed by atoms with van der Waals surface area (Å²) >= 11 is 1.94. The highest BCUT2D eigenvalue weighted by Crippen LogP contribution is 2.37. The summed E-state index contributed by atoms with van der Waals surface area (Å²) in [5.41, 5.74) is 4.39. The molecule has 1 fully saturated rings. The predicted octanol–water partition coefficient (Wildman–Crippen LogP) is 3.85. The lowest BCUT2D eigenvalue weighted by Gasteiger charge is -2.40.